The van der Waals surface area contributed by atoms with Crippen molar-refractivity contribution in [3.8, 4) is 0 Å². The molecule has 0 heterocycles. The van der Waals surface area contributed by atoms with Crippen molar-refractivity contribution in [2.45, 2.75) is 47.5 Å². The third-order valence-corrected chi connectivity index (χ3v) is 3.13. The highest BCUT2D eigenvalue weighted by molar-refractivity contribution is 5.85. The van der Waals surface area contributed by atoms with Crippen molar-refractivity contribution < 1.29 is 54.9 Å². The van der Waals surface area contributed by atoms with Crippen LogP contribution in [-0.4, -0.2) is 93.3 Å². The molecule has 0 rings (SSSR count). The summed E-state index contributed by atoms with van der Waals surface area (Å²) in [6, 6.07) is 0. The maximum absolute atomic E-state index is 9.60. The molecule has 0 atom stereocenters. The standard InChI is InChI=1S/C6H14O.C5H12O4.3C4H6O2/c1-3-5-7-6-4-2;6-1-5(2-7,3-8)4-9;3*1-3(2)4(5)6/h3-6H2,1-2H3;6-9H,1-4H2;3*1H2,2H3,(H,5,6). The normalized spacial score (nSPS) is 9.09. The molecule has 0 bridgehead atoms. The van der Waals surface area contributed by atoms with Gasteiger partial charge in [0.05, 0.1) is 31.8 Å². The second kappa shape index (κ2) is 28.5. The second-order valence-corrected chi connectivity index (χ2v) is 7.00. The van der Waals surface area contributed by atoms with Gasteiger partial charge in [0.1, 0.15) is 0 Å². The van der Waals surface area contributed by atoms with Gasteiger partial charge in [0.15, 0.2) is 0 Å². The Morgan fingerprint density at radius 3 is 0.853 bits per heavy atom. The lowest BCUT2D eigenvalue weighted by molar-refractivity contribution is -0.133. The molecule has 0 saturated heterocycles. The number of aliphatic hydroxyl groups excluding tert-OH is 4. The summed E-state index contributed by atoms with van der Waals surface area (Å²) in [5.41, 5.74) is -0.583. The molecule has 0 radical (unpaired) electrons. The van der Waals surface area contributed by atoms with Crippen LogP contribution in [0.4, 0.5) is 0 Å². The monoisotopic (exact) mass is 496 g/mol. The van der Waals surface area contributed by atoms with Crippen molar-refractivity contribution in [1.29, 1.82) is 0 Å². The highest BCUT2D eigenvalue weighted by Crippen LogP contribution is 2.11. The molecule has 0 saturated carbocycles. The zero-order chi connectivity index (χ0) is 28.3. The highest BCUT2D eigenvalue weighted by atomic mass is 16.5. The first kappa shape index (κ1) is 41.7. The van der Waals surface area contributed by atoms with Gasteiger partial charge in [0.2, 0.25) is 0 Å². The summed E-state index contributed by atoms with van der Waals surface area (Å²) in [4.78, 5) is 28.8. The fraction of sp³-hybridized carbons (Fsp3) is 0.609. The van der Waals surface area contributed by atoms with Gasteiger partial charge in [-0.05, 0) is 33.6 Å². The van der Waals surface area contributed by atoms with E-state index in [4.69, 9.17) is 40.5 Å². The molecule has 202 valence electrons. The van der Waals surface area contributed by atoms with Crippen LogP contribution in [0.2, 0.25) is 0 Å². The van der Waals surface area contributed by atoms with E-state index in [1.54, 1.807) is 0 Å². The molecule has 0 unspecified atom stereocenters. The number of carboxylic acid groups (broad SMARTS) is 3. The van der Waals surface area contributed by atoms with E-state index in [1.165, 1.54) is 20.8 Å². The molecule has 11 nitrogen and oxygen atoms in total. The van der Waals surface area contributed by atoms with Crippen molar-refractivity contribution >= 4 is 17.9 Å². The minimum absolute atomic E-state index is 0.176. The van der Waals surface area contributed by atoms with E-state index in [0.29, 0.717) is 0 Å². The summed E-state index contributed by atoms with van der Waals surface area (Å²) >= 11 is 0. The fourth-order valence-corrected chi connectivity index (χ4v) is 0.691. The number of carbonyl (C=O) groups is 3. The van der Waals surface area contributed by atoms with E-state index in [9.17, 15) is 14.4 Å². The van der Waals surface area contributed by atoms with Crippen LogP contribution in [0.25, 0.3) is 0 Å². The first-order valence-corrected chi connectivity index (χ1v) is 10.3. The second-order valence-electron chi connectivity index (χ2n) is 7.00. The number of ether oxygens (including phenoxy) is 1. The number of hydrogen-bond acceptors (Lipinski definition) is 8. The van der Waals surface area contributed by atoms with Gasteiger partial charge in [-0.2, -0.15) is 0 Å². The third kappa shape index (κ3) is 36.8. The number of hydrogen-bond donors (Lipinski definition) is 7. The van der Waals surface area contributed by atoms with E-state index < -0.39 is 49.8 Å². The van der Waals surface area contributed by atoms with Gasteiger partial charge in [-0.1, -0.05) is 33.6 Å². The molecular weight excluding hydrogens is 452 g/mol. The van der Waals surface area contributed by atoms with Gasteiger partial charge < -0.3 is 40.5 Å². The van der Waals surface area contributed by atoms with E-state index in [1.807, 2.05) is 0 Å². The summed E-state index contributed by atoms with van der Waals surface area (Å²) in [6.07, 6.45) is 2.28. The Kier molecular flexibility index (Phi) is 34.9. The van der Waals surface area contributed by atoms with Crippen molar-refractivity contribution in [3.05, 3.63) is 36.5 Å². The largest absolute Gasteiger partial charge is 0.478 e. The number of rotatable bonds is 11. The minimum Gasteiger partial charge on any atom is -0.478 e. The lowest BCUT2D eigenvalue weighted by Crippen LogP contribution is -2.37. The number of aliphatic carboxylic acids is 3. The van der Waals surface area contributed by atoms with Gasteiger partial charge in [-0.25, -0.2) is 14.4 Å². The van der Waals surface area contributed by atoms with Crippen LogP contribution in [0, 0.1) is 5.41 Å². The maximum Gasteiger partial charge on any atom is 0.330 e. The maximum atomic E-state index is 9.60. The molecule has 0 aliphatic heterocycles. The third-order valence-electron chi connectivity index (χ3n) is 3.13. The first-order valence-electron chi connectivity index (χ1n) is 10.3. The predicted molar refractivity (Wildman–Crippen MR) is 130 cm³/mol. The van der Waals surface area contributed by atoms with Crippen molar-refractivity contribution in [2.24, 2.45) is 5.41 Å². The minimum atomic E-state index is -1.11. The molecule has 0 aromatic rings. The molecule has 34 heavy (non-hydrogen) atoms. The van der Waals surface area contributed by atoms with Crippen LogP contribution < -0.4 is 0 Å². The summed E-state index contributed by atoms with van der Waals surface area (Å²) in [7, 11) is 0. The SMILES string of the molecule is C=C(C)C(=O)O.C=C(C)C(=O)O.C=C(C)C(=O)O.CCCOCCC.OCC(CO)(CO)CO. The Bertz CT molecular complexity index is 465. The van der Waals surface area contributed by atoms with E-state index in [2.05, 4.69) is 33.6 Å². The quantitative estimate of drug-likeness (QED) is 0.162. The van der Waals surface area contributed by atoms with Gasteiger partial charge in [0, 0.05) is 29.9 Å². The average molecular weight is 497 g/mol. The van der Waals surface area contributed by atoms with Crippen LogP contribution >= 0.6 is 0 Å². The summed E-state index contributed by atoms with van der Waals surface area (Å²) in [6.45, 7) is 18.3. The summed E-state index contributed by atoms with van der Waals surface area (Å²) < 4.78 is 5.13. The van der Waals surface area contributed by atoms with Gasteiger partial charge in [-0.15, -0.1) is 0 Å². The molecular formula is C23H44O11. The lowest BCUT2D eigenvalue weighted by atomic mass is 9.93. The van der Waals surface area contributed by atoms with Crippen molar-refractivity contribution in [1.82, 2.24) is 0 Å². The van der Waals surface area contributed by atoms with Gasteiger partial charge in [0.25, 0.3) is 0 Å². The molecule has 0 spiro atoms. The topological polar surface area (TPSA) is 202 Å². The Balaban J connectivity index is -0.000000104. The Labute approximate surface area is 202 Å². The average Bonchev–Trinajstić information content (AvgIpc) is 2.77. The first-order chi connectivity index (χ1) is 15.6. The Morgan fingerprint density at radius 1 is 0.618 bits per heavy atom. The van der Waals surface area contributed by atoms with Crippen molar-refractivity contribution in [2.75, 3.05) is 39.6 Å². The number of carboxylic acids is 3. The molecule has 0 aromatic heterocycles. The van der Waals surface area contributed by atoms with Crippen LogP contribution in [0.5, 0.6) is 0 Å². The van der Waals surface area contributed by atoms with Crippen LogP contribution in [0.3, 0.4) is 0 Å². The zero-order valence-electron chi connectivity index (χ0n) is 21.0. The van der Waals surface area contributed by atoms with E-state index in [-0.39, 0.29) is 16.7 Å². The lowest BCUT2D eigenvalue weighted by Gasteiger charge is -2.23. The van der Waals surface area contributed by atoms with Gasteiger partial charge >= 0.3 is 17.9 Å². The van der Waals surface area contributed by atoms with Crippen LogP contribution in [-0.2, 0) is 19.1 Å². The molecule has 0 aromatic carbocycles. The molecule has 7 N–H and O–H groups in total. The summed E-state index contributed by atoms with van der Waals surface area (Å²) in [5.74, 6) is -2.81. The molecule has 0 aliphatic rings. The zero-order valence-corrected chi connectivity index (χ0v) is 21.0. The van der Waals surface area contributed by atoms with Crippen LogP contribution in [0.15, 0.2) is 36.5 Å². The fourth-order valence-electron chi connectivity index (χ4n) is 0.691. The number of aliphatic hydroxyl groups is 4. The van der Waals surface area contributed by atoms with E-state index >= 15 is 0 Å². The predicted octanol–water partition coefficient (Wildman–Crippen LogP) is 1.71. The van der Waals surface area contributed by atoms with Crippen molar-refractivity contribution in [3.63, 3.8) is 0 Å². The highest BCUT2D eigenvalue weighted by Gasteiger charge is 2.26. The molecule has 11 heteroatoms. The Morgan fingerprint density at radius 2 is 0.794 bits per heavy atom. The summed E-state index contributed by atoms with van der Waals surface area (Å²) in [5, 5.41) is 57.7. The Hall–Kier alpha value is -2.57. The van der Waals surface area contributed by atoms with E-state index in [0.717, 1.165) is 26.1 Å². The molecule has 0 aliphatic carbocycles. The smallest absolute Gasteiger partial charge is 0.330 e. The van der Waals surface area contributed by atoms with Gasteiger partial charge in [-0.3, -0.25) is 0 Å². The molecule has 0 fully saturated rings. The molecule has 0 amide bonds. The van der Waals surface area contributed by atoms with Crippen LogP contribution in [0.1, 0.15) is 47.5 Å².